The lowest BCUT2D eigenvalue weighted by Gasteiger charge is -2.09. The molecule has 0 radical (unpaired) electrons. The van der Waals surface area contributed by atoms with E-state index in [-0.39, 0.29) is 44.2 Å². The largest absolute Gasteiger partial charge is 0.412 e. The molecule has 0 saturated carbocycles. The minimum absolute atomic E-state index is 0. The van der Waals surface area contributed by atoms with Crippen molar-refractivity contribution in [1.82, 2.24) is 51.6 Å². The SMILES string of the molecule is O.O.On1nnc(C2=NNC(c3nnn(O)n3)=NN2)n1. The van der Waals surface area contributed by atoms with Gasteiger partial charge in [0.15, 0.2) is 0 Å². The number of rotatable bonds is 2. The molecule has 1 aliphatic rings. The minimum Gasteiger partial charge on any atom is -0.412 e. The smallest absolute Gasteiger partial charge is 0.247 e. The molecular weight excluding hydrogens is 280 g/mol. The second-order valence-corrected chi connectivity index (χ2v) is 2.91. The van der Waals surface area contributed by atoms with Crippen molar-refractivity contribution in [1.29, 1.82) is 0 Å². The van der Waals surface area contributed by atoms with Crippen LogP contribution in [0.1, 0.15) is 11.6 Å². The summed E-state index contributed by atoms with van der Waals surface area (Å²) < 4.78 is 0. The molecular formula is C4H8N12O4. The van der Waals surface area contributed by atoms with Crippen LogP contribution < -0.4 is 10.9 Å². The van der Waals surface area contributed by atoms with E-state index >= 15 is 0 Å². The quantitative estimate of drug-likeness (QED) is 0.382. The topological polar surface area (TPSA) is 239 Å². The lowest BCUT2D eigenvalue weighted by Crippen LogP contribution is -2.35. The summed E-state index contributed by atoms with van der Waals surface area (Å²) in [5.74, 6) is 0.337. The van der Waals surface area contributed by atoms with Crippen LogP contribution in [0.4, 0.5) is 0 Å². The number of nitrogens with one attached hydrogen (secondary N) is 2. The molecule has 0 saturated heterocycles. The summed E-state index contributed by atoms with van der Waals surface area (Å²) in [7, 11) is 0. The Morgan fingerprint density at radius 2 is 1.15 bits per heavy atom. The van der Waals surface area contributed by atoms with Crippen molar-refractivity contribution in [3.05, 3.63) is 11.6 Å². The lowest BCUT2D eigenvalue weighted by molar-refractivity contribution is 0.106. The van der Waals surface area contributed by atoms with Gasteiger partial charge in [-0.3, -0.25) is 10.9 Å². The molecule has 0 atom stereocenters. The first-order valence-electron chi connectivity index (χ1n) is 4.39. The van der Waals surface area contributed by atoms with Gasteiger partial charge in [0, 0.05) is 9.92 Å². The van der Waals surface area contributed by atoms with Crippen molar-refractivity contribution in [3.63, 3.8) is 0 Å². The van der Waals surface area contributed by atoms with Gasteiger partial charge < -0.3 is 21.4 Å². The molecule has 2 aromatic rings. The molecule has 20 heavy (non-hydrogen) atoms. The van der Waals surface area contributed by atoms with E-state index in [9.17, 15) is 0 Å². The minimum atomic E-state index is 0. The van der Waals surface area contributed by atoms with Crippen molar-refractivity contribution < 1.29 is 21.4 Å². The Kier molecular flexibility index (Phi) is 4.03. The van der Waals surface area contributed by atoms with Gasteiger partial charge in [-0.05, 0) is 10.4 Å². The van der Waals surface area contributed by atoms with Crippen molar-refractivity contribution in [2.75, 3.05) is 0 Å². The van der Waals surface area contributed by atoms with E-state index in [0.717, 1.165) is 0 Å². The number of hydrogen-bond acceptors (Lipinski definition) is 12. The molecule has 16 nitrogen and oxygen atoms in total. The number of nitrogens with zero attached hydrogens (tertiary/aromatic N) is 10. The normalized spacial score (nSPS) is 13.0. The third-order valence-corrected chi connectivity index (χ3v) is 1.78. The molecule has 108 valence electrons. The second kappa shape index (κ2) is 5.49. The molecule has 8 N–H and O–H groups in total. The van der Waals surface area contributed by atoms with Gasteiger partial charge in [-0.1, -0.05) is 10.2 Å². The van der Waals surface area contributed by atoms with Crippen LogP contribution in [0.3, 0.4) is 0 Å². The van der Waals surface area contributed by atoms with Gasteiger partial charge in [-0.25, -0.2) is 0 Å². The first-order chi connectivity index (χ1) is 8.72. The molecule has 0 spiro atoms. The number of hydrazone groups is 2. The average molecular weight is 288 g/mol. The molecule has 16 heteroatoms. The summed E-state index contributed by atoms with van der Waals surface area (Å²) in [5.41, 5.74) is 4.99. The molecule has 0 amide bonds. The molecule has 3 rings (SSSR count). The molecule has 0 unspecified atom stereocenters. The highest BCUT2D eigenvalue weighted by Gasteiger charge is 2.18. The van der Waals surface area contributed by atoms with Gasteiger partial charge in [0.1, 0.15) is 0 Å². The van der Waals surface area contributed by atoms with Crippen molar-refractivity contribution in [3.8, 4) is 0 Å². The van der Waals surface area contributed by atoms with Crippen LogP contribution in [0.2, 0.25) is 0 Å². The van der Waals surface area contributed by atoms with E-state index in [1.54, 1.807) is 0 Å². The second-order valence-electron chi connectivity index (χ2n) is 2.91. The van der Waals surface area contributed by atoms with Gasteiger partial charge in [-0.15, -0.1) is 10.2 Å². The fraction of sp³-hybridized carbons (Fsp3) is 0. The number of tetrazole rings is 2. The van der Waals surface area contributed by atoms with Gasteiger partial charge in [-0.2, -0.15) is 10.2 Å². The zero-order valence-electron chi connectivity index (χ0n) is 9.37. The number of hydrogen-bond donors (Lipinski definition) is 4. The Morgan fingerprint density at radius 3 is 1.40 bits per heavy atom. The van der Waals surface area contributed by atoms with E-state index in [1.165, 1.54) is 0 Å². The monoisotopic (exact) mass is 288 g/mol. The summed E-state index contributed by atoms with van der Waals surface area (Å²) in [6.07, 6.45) is 0. The Bertz CT molecular complexity index is 585. The fourth-order valence-corrected chi connectivity index (χ4v) is 1.07. The van der Waals surface area contributed by atoms with Gasteiger partial charge >= 0.3 is 0 Å². The predicted octanol–water partition coefficient (Wildman–Crippen LogP) is -5.30. The highest BCUT2D eigenvalue weighted by Crippen LogP contribution is 1.95. The van der Waals surface area contributed by atoms with Crippen molar-refractivity contribution >= 4 is 11.7 Å². The van der Waals surface area contributed by atoms with E-state index in [4.69, 9.17) is 10.4 Å². The highest BCUT2D eigenvalue weighted by molar-refractivity contribution is 6.02. The third-order valence-electron chi connectivity index (χ3n) is 1.78. The summed E-state index contributed by atoms with van der Waals surface area (Å²) >= 11 is 0. The molecule has 0 aliphatic carbocycles. The van der Waals surface area contributed by atoms with Crippen LogP contribution in [0.15, 0.2) is 10.2 Å². The Balaban J connectivity index is 0.000001000. The van der Waals surface area contributed by atoms with Crippen molar-refractivity contribution in [2.24, 2.45) is 10.2 Å². The van der Waals surface area contributed by atoms with E-state index in [0.29, 0.717) is 0 Å². The predicted molar refractivity (Wildman–Crippen MR) is 56.6 cm³/mol. The van der Waals surface area contributed by atoms with E-state index in [2.05, 4.69) is 51.9 Å². The maximum atomic E-state index is 8.85. The highest BCUT2D eigenvalue weighted by atomic mass is 16.5. The third kappa shape index (κ3) is 2.54. The summed E-state index contributed by atoms with van der Waals surface area (Å²) in [6, 6.07) is 0. The van der Waals surface area contributed by atoms with Gasteiger partial charge in [0.2, 0.25) is 23.3 Å². The first kappa shape index (κ1) is 14.7. The molecule has 1 aliphatic heterocycles. The maximum Gasteiger partial charge on any atom is 0.247 e. The van der Waals surface area contributed by atoms with Gasteiger partial charge in [0.25, 0.3) is 0 Å². The standard InChI is InChI=1S/C4H4N12O2.2H2O/c17-15-11-3(9-13-15)1-5-7-2(8-6-1)4-10-14-16(18)12-4;;/h17-18H,(H,5,6)(H,7,8);2*1H2. The number of amidine groups is 2. The lowest BCUT2D eigenvalue weighted by atomic mass is 10.5. The average Bonchev–Trinajstić information content (AvgIpc) is 2.98. The van der Waals surface area contributed by atoms with Crippen LogP contribution in [0.5, 0.6) is 0 Å². The Labute approximate surface area is 107 Å². The zero-order chi connectivity index (χ0) is 12.5. The van der Waals surface area contributed by atoms with Gasteiger partial charge in [0.05, 0.1) is 0 Å². The van der Waals surface area contributed by atoms with Crippen LogP contribution >= 0.6 is 0 Å². The Hall–Kier alpha value is -3.40. The summed E-state index contributed by atoms with van der Waals surface area (Å²) in [4.78, 5) is 0.579. The fourth-order valence-electron chi connectivity index (χ4n) is 1.07. The van der Waals surface area contributed by atoms with Crippen LogP contribution in [-0.4, -0.2) is 73.8 Å². The molecule has 0 fully saturated rings. The molecule has 0 bridgehead atoms. The van der Waals surface area contributed by atoms with E-state index < -0.39 is 0 Å². The molecule has 2 aromatic heterocycles. The first-order valence-corrected chi connectivity index (χ1v) is 4.39. The van der Waals surface area contributed by atoms with Crippen LogP contribution in [0.25, 0.3) is 0 Å². The molecule has 3 heterocycles. The zero-order valence-corrected chi connectivity index (χ0v) is 9.37. The maximum absolute atomic E-state index is 8.85. The summed E-state index contributed by atoms with van der Waals surface area (Å²) in [5, 5.41) is 45.8. The van der Waals surface area contributed by atoms with Crippen molar-refractivity contribution in [2.45, 2.75) is 0 Å². The Morgan fingerprint density at radius 1 is 0.750 bits per heavy atom. The van der Waals surface area contributed by atoms with Crippen LogP contribution in [-0.2, 0) is 0 Å². The number of aromatic nitrogens is 8. The van der Waals surface area contributed by atoms with E-state index in [1.807, 2.05) is 0 Å². The van der Waals surface area contributed by atoms with Crippen LogP contribution in [0, 0.1) is 0 Å². The summed E-state index contributed by atoms with van der Waals surface area (Å²) in [6.45, 7) is 0. The molecule has 0 aromatic carbocycles.